The molecule has 2 N–H and O–H groups in total. The molecule has 126 valence electrons. The summed E-state index contributed by atoms with van der Waals surface area (Å²) in [7, 11) is 1.55. The molecular weight excluding hydrogens is 328 g/mol. The van der Waals surface area contributed by atoms with Gasteiger partial charge >= 0.3 is 0 Å². The normalized spacial score (nSPS) is 11.5. The maximum Gasteiger partial charge on any atom is 0.265 e. The number of nitrogens with one attached hydrogen (secondary N) is 2. The van der Waals surface area contributed by atoms with Gasteiger partial charge in [-0.05, 0) is 55.8 Å². The van der Waals surface area contributed by atoms with Crippen LogP contribution in [-0.2, 0) is 4.79 Å². The molecule has 2 amide bonds. The van der Waals surface area contributed by atoms with Crippen LogP contribution in [0.4, 0.5) is 5.69 Å². The lowest BCUT2D eigenvalue weighted by atomic mass is 10.2. The van der Waals surface area contributed by atoms with Crippen LogP contribution >= 0.6 is 11.6 Å². The molecule has 0 saturated carbocycles. The standard InChI is InChI=1S/C18H19ClN2O3/c1-11-9-14(19)7-8-16(11)24-12(2)17(22)21-15-6-4-5-13(10-15)18(23)20-3/h4-10,12H,1-3H3,(H,20,23)(H,21,22). The molecule has 0 aliphatic carbocycles. The van der Waals surface area contributed by atoms with Crippen LogP contribution in [0, 0.1) is 6.92 Å². The highest BCUT2D eigenvalue weighted by molar-refractivity contribution is 6.30. The summed E-state index contributed by atoms with van der Waals surface area (Å²) in [5.41, 5.74) is 1.85. The van der Waals surface area contributed by atoms with Gasteiger partial charge in [0, 0.05) is 23.3 Å². The number of hydrogen-bond donors (Lipinski definition) is 2. The first-order valence-corrected chi connectivity index (χ1v) is 7.84. The van der Waals surface area contributed by atoms with Gasteiger partial charge < -0.3 is 15.4 Å². The van der Waals surface area contributed by atoms with Crippen LogP contribution in [0.5, 0.6) is 5.75 Å². The Hall–Kier alpha value is -2.53. The van der Waals surface area contributed by atoms with E-state index < -0.39 is 6.10 Å². The SMILES string of the molecule is CNC(=O)c1cccc(NC(=O)C(C)Oc2ccc(Cl)cc2C)c1. The number of amides is 2. The summed E-state index contributed by atoms with van der Waals surface area (Å²) >= 11 is 5.91. The molecule has 24 heavy (non-hydrogen) atoms. The second-order valence-corrected chi connectivity index (χ2v) is 5.76. The fourth-order valence-electron chi connectivity index (χ4n) is 2.12. The number of hydrogen-bond acceptors (Lipinski definition) is 3. The zero-order chi connectivity index (χ0) is 17.7. The molecule has 1 unspecified atom stereocenters. The van der Waals surface area contributed by atoms with E-state index in [2.05, 4.69) is 10.6 Å². The number of carbonyl (C=O) groups is 2. The Bertz CT molecular complexity index is 762. The van der Waals surface area contributed by atoms with Crippen molar-refractivity contribution in [3.63, 3.8) is 0 Å². The van der Waals surface area contributed by atoms with Crippen molar-refractivity contribution in [3.05, 3.63) is 58.6 Å². The Morgan fingerprint density at radius 2 is 1.92 bits per heavy atom. The third-order valence-corrected chi connectivity index (χ3v) is 3.66. The van der Waals surface area contributed by atoms with Crippen molar-refractivity contribution in [2.24, 2.45) is 0 Å². The first kappa shape index (κ1) is 17.8. The summed E-state index contributed by atoms with van der Waals surface area (Å²) in [5.74, 6) is 0.0757. The van der Waals surface area contributed by atoms with Crippen molar-refractivity contribution in [1.82, 2.24) is 5.32 Å². The largest absolute Gasteiger partial charge is 0.481 e. The van der Waals surface area contributed by atoms with Gasteiger partial charge in [0.05, 0.1) is 0 Å². The van der Waals surface area contributed by atoms with Crippen molar-refractivity contribution < 1.29 is 14.3 Å². The van der Waals surface area contributed by atoms with Gasteiger partial charge in [-0.1, -0.05) is 17.7 Å². The Morgan fingerprint density at radius 1 is 1.17 bits per heavy atom. The van der Waals surface area contributed by atoms with Crippen molar-refractivity contribution in [1.29, 1.82) is 0 Å². The quantitative estimate of drug-likeness (QED) is 0.871. The highest BCUT2D eigenvalue weighted by Gasteiger charge is 2.16. The highest BCUT2D eigenvalue weighted by atomic mass is 35.5. The average molecular weight is 347 g/mol. The van der Waals surface area contributed by atoms with Crippen molar-refractivity contribution in [2.75, 3.05) is 12.4 Å². The minimum absolute atomic E-state index is 0.216. The van der Waals surface area contributed by atoms with Crippen LogP contribution in [0.25, 0.3) is 0 Å². The predicted octanol–water partition coefficient (Wildman–Crippen LogP) is 3.41. The summed E-state index contributed by atoms with van der Waals surface area (Å²) in [4.78, 5) is 23.9. The third kappa shape index (κ3) is 4.49. The zero-order valence-electron chi connectivity index (χ0n) is 13.7. The molecule has 0 radical (unpaired) electrons. The van der Waals surface area contributed by atoms with E-state index >= 15 is 0 Å². The fourth-order valence-corrected chi connectivity index (χ4v) is 2.34. The maximum atomic E-state index is 12.3. The van der Waals surface area contributed by atoms with E-state index in [1.807, 2.05) is 6.92 Å². The summed E-state index contributed by atoms with van der Waals surface area (Å²) in [5, 5.41) is 5.90. The molecule has 0 spiro atoms. The number of ether oxygens (including phenoxy) is 1. The van der Waals surface area contributed by atoms with Gasteiger partial charge in [0.1, 0.15) is 5.75 Å². The van der Waals surface area contributed by atoms with E-state index in [1.165, 1.54) is 0 Å². The summed E-state index contributed by atoms with van der Waals surface area (Å²) < 4.78 is 5.68. The molecule has 0 saturated heterocycles. The first-order chi connectivity index (χ1) is 11.4. The number of rotatable bonds is 5. The van der Waals surface area contributed by atoms with E-state index in [4.69, 9.17) is 16.3 Å². The Labute approximate surface area is 146 Å². The smallest absolute Gasteiger partial charge is 0.265 e. The van der Waals surface area contributed by atoms with Gasteiger partial charge in [-0.3, -0.25) is 9.59 Å². The second-order valence-electron chi connectivity index (χ2n) is 5.32. The van der Waals surface area contributed by atoms with Crippen molar-refractivity contribution >= 4 is 29.1 Å². The molecule has 2 aromatic carbocycles. The van der Waals surface area contributed by atoms with E-state index in [-0.39, 0.29) is 11.8 Å². The van der Waals surface area contributed by atoms with Gasteiger partial charge in [-0.25, -0.2) is 0 Å². The molecule has 2 aromatic rings. The minimum atomic E-state index is -0.700. The predicted molar refractivity (Wildman–Crippen MR) is 94.7 cm³/mol. The number of carbonyl (C=O) groups excluding carboxylic acids is 2. The monoisotopic (exact) mass is 346 g/mol. The Morgan fingerprint density at radius 3 is 2.58 bits per heavy atom. The molecule has 0 aromatic heterocycles. The zero-order valence-corrected chi connectivity index (χ0v) is 14.5. The Balaban J connectivity index is 2.05. The topological polar surface area (TPSA) is 67.4 Å². The highest BCUT2D eigenvalue weighted by Crippen LogP contribution is 2.23. The van der Waals surface area contributed by atoms with Gasteiger partial charge in [-0.2, -0.15) is 0 Å². The number of anilines is 1. The molecule has 1 atom stereocenters. The summed E-state index contributed by atoms with van der Waals surface area (Å²) in [6.07, 6.45) is -0.700. The van der Waals surface area contributed by atoms with E-state index in [0.29, 0.717) is 22.0 Å². The molecule has 0 aliphatic rings. The Kier molecular flexibility index (Phi) is 5.82. The number of halogens is 1. The second kappa shape index (κ2) is 7.84. The molecule has 6 heteroatoms. The van der Waals surface area contributed by atoms with Crippen LogP contribution in [0.15, 0.2) is 42.5 Å². The minimum Gasteiger partial charge on any atom is -0.481 e. The molecule has 0 aliphatic heterocycles. The van der Waals surface area contributed by atoms with Crippen LogP contribution < -0.4 is 15.4 Å². The van der Waals surface area contributed by atoms with Gasteiger partial charge in [0.25, 0.3) is 11.8 Å². The first-order valence-electron chi connectivity index (χ1n) is 7.46. The molecule has 5 nitrogen and oxygen atoms in total. The lowest BCUT2D eigenvalue weighted by Crippen LogP contribution is -2.30. The average Bonchev–Trinajstić information content (AvgIpc) is 2.56. The van der Waals surface area contributed by atoms with Gasteiger partial charge in [0.15, 0.2) is 6.10 Å². The molecule has 0 fully saturated rings. The van der Waals surface area contributed by atoms with E-state index in [9.17, 15) is 9.59 Å². The van der Waals surface area contributed by atoms with Crippen LogP contribution in [0.1, 0.15) is 22.8 Å². The van der Waals surface area contributed by atoms with Gasteiger partial charge in [0.2, 0.25) is 0 Å². The van der Waals surface area contributed by atoms with E-state index in [0.717, 1.165) is 5.56 Å². The fraction of sp³-hybridized carbons (Fsp3) is 0.222. The maximum absolute atomic E-state index is 12.3. The van der Waals surface area contributed by atoms with Gasteiger partial charge in [-0.15, -0.1) is 0 Å². The molecule has 2 rings (SSSR count). The number of benzene rings is 2. The van der Waals surface area contributed by atoms with Crippen molar-refractivity contribution in [2.45, 2.75) is 20.0 Å². The van der Waals surface area contributed by atoms with Crippen LogP contribution in [0.3, 0.4) is 0 Å². The number of aryl methyl sites for hydroxylation is 1. The lowest BCUT2D eigenvalue weighted by molar-refractivity contribution is -0.122. The lowest BCUT2D eigenvalue weighted by Gasteiger charge is -2.16. The van der Waals surface area contributed by atoms with E-state index in [1.54, 1.807) is 56.4 Å². The molecular formula is C18H19ClN2O3. The van der Waals surface area contributed by atoms with Crippen LogP contribution in [-0.4, -0.2) is 25.0 Å². The summed E-state index contributed by atoms with van der Waals surface area (Å²) in [6, 6.07) is 11.9. The third-order valence-electron chi connectivity index (χ3n) is 3.43. The van der Waals surface area contributed by atoms with Crippen LogP contribution in [0.2, 0.25) is 5.02 Å². The molecule has 0 bridgehead atoms. The molecule has 0 heterocycles. The van der Waals surface area contributed by atoms with Crippen molar-refractivity contribution in [3.8, 4) is 5.75 Å². The summed E-state index contributed by atoms with van der Waals surface area (Å²) in [6.45, 7) is 3.52.